The second-order valence-electron chi connectivity index (χ2n) is 2.40. The molecular formula is C7H15NO5. The number of carbonyl (C=O) groups is 1. The first-order chi connectivity index (χ1) is 6.24. The highest BCUT2D eigenvalue weighted by Gasteiger charge is 2.10. The Bertz CT molecular complexity index is 141. The summed E-state index contributed by atoms with van der Waals surface area (Å²) in [4.78, 5) is 10.8. The van der Waals surface area contributed by atoms with Crippen LogP contribution in [0.25, 0.3) is 0 Å². The van der Waals surface area contributed by atoms with Crippen molar-refractivity contribution >= 4 is 6.09 Å². The summed E-state index contributed by atoms with van der Waals surface area (Å²) in [6, 6.07) is -0.504. The van der Waals surface area contributed by atoms with Crippen molar-refractivity contribution in [3.8, 4) is 0 Å². The number of aliphatic hydroxyl groups is 3. The molecule has 0 spiro atoms. The predicted octanol–water partition coefficient (Wildman–Crippen LogP) is -1.55. The van der Waals surface area contributed by atoms with E-state index >= 15 is 0 Å². The molecule has 0 radical (unpaired) electrons. The second kappa shape index (κ2) is 7.78. The smallest absolute Gasteiger partial charge is 0.407 e. The molecule has 0 aromatic heterocycles. The van der Waals surface area contributed by atoms with E-state index in [9.17, 15) is 4.79 Å². The zero-order valence-electron chi connectivity index (χ0n) is 7.27. The molecule has 78 valence electrons. The molecule has 0 fully saturated rings. The van der Waals surface area contributed by atoms with Crippen LogP contribution >= 0.6 is 0 Å². The Morgan fingerprint density at radius 3 is 2.46 bits per heavy atom. The maximum Gasteiger partial charge on any atom is 0.407 e. The Morgan fingerprint density at radius 2 is 2.00 bits per heavy atom. The zero-order chi connectivity index (χ0) is 10.1. The van der Waals surface area contributed by atoms with Gasteiger partial charge in [-0.05, 0) is 6.42 Å². The number of aliphatic hydroxyl groups excluding tert-OH is 3. The van der Waals surface area contributed by atoms with Crippen LogP contribution < -0.4 is 5.32 Å². The Balaban J connectivity index is 3.60. The molecule has 6 heteroatoms. The van der Waals surface area contributed by atoms with Gasteiger partial charge in [-0.2, -0.15) is 0 Å². The SMILES string of the molecule is O=C(NC(CO)CCO)OCCO. The van der Waals surface area contributed by atoms with E-state index in [1.165, 1.54) is 0 Å². The molecule has 0 aliphatic carbocycles. The van der Waals surface area contributed by atoms with E-state index in [2.05, 4.69) is 10.1 Å². The summed E-state index contributed by atoms with van der Waals surface area (Å²) in [6.07, 6.45) is -0.438. The van der Waals surface area contributed by atoms with Gasteiger partial charge >= 0.3 is 6.09 Å². The summed E-state index contributed by atoms with van der Waals surface area (Å²) < 4.78 is 4.48. The van der Waals surface area contributed by atoms with Crippen LogP contribution in [-0.4, -0.2) is 53.9 Å². The minimum atomic E-state index is -0.707. The van der Waals surface area contributed by atoms with Gasteiger partial charge in [-0.3, -0.25) is 0 Å². The molecule has 0 bridgehead atoms. The van der Waals surface area contributed by atoms with E-state index in [-0.39, 0.29) is 32.8 Å². The van der Waals surface area contributed by atoms with Gasteiger partial charge in [-0.15, -0.1) is 0 Å². The van der Waals surface area contributed by atoms with Gasteiger partial charge in [-0.25, -0.2) is 4.79 Å². The molecule has 13 heavy (non-hydrogen) atoms. The molecule has 1 unspecified atom stereocenters. The fraction of sp³-hybridized carbons (Fsp3) is 0.857. The van der Waals surface area contributed by atoms with Crippen molar-refractivity contribution in [1.82, 2.24) is 5.32 Å². The molecule has 0 aliphatic rings. The lowest BCUT2D eigenvalue weighted by Crippen LogP contribution is -2.38. The number of hydrogen-bond donors (Lipinski definition) is 4. The average Bonchev–Trinajstić information content (AvgIpc) is 2.14. The average molecular weight is 193 g/mol. The van der Waals surface area contributed by atoms with Gasteiger partial charge in [0.1, 0.15) is 6.61 Å². The zero-order valence-corrected chi connectivity index (χ0v) is 7.27. The van der Waals surface area contributed by atoms with E-state index in [1.807, 2.05) is 0 Å². The van der Waals surface area contributed by atoms with Crippen LogP contribution in [0.15, 0.2) is 0 Å². The summed E-state index contributed by atoms with van der Waals surface area (Å²) in [5, 5.41) is 27.8. The standard InChI is InChI=1S/C7H15NO5/c9-2-1-6(5-11)8-7(12)13-4-3-10/h6,9-11H,1-5H2,(H,8,12). The summed E-state index contributed by atoms with van der Waals surface area (Å²) in [6.45, 7) is -0.694. The van der Waals surface area contributed by atoms with E-state index in [0.29, 0.717) is 0 Å². The number of carbonyl (C=O) groups excluding carboxylic acids is 1. The summed E-state index contributed by atoms with van der Waals surface area (Å²) >= 11 is 0. The van der Waals surface area contributed by atoms with Crippen LogP contribution in [0.1, 0.15) is 6.42 Å². The molecule has 0 heterocycles. The van der Waals surface area contributed by atoms with Crippen molar-refractivity contribution in [3.05, 3.63) is 0 Å². The van der Waals surface area contributed by atoms with Gasteiger partial charge < -0.3 is 25.4 Å². The van der Waals surface area contributed by atoms with Crippen LogP contribution in [-0.2, 0) is 4.74 Å². The number of rotatable bonds is 6. The molecule has 0 aliphatic heterocycles. The van der Waals surface area contributed by atoms with E-state index in [4.69, 9.17) is 15.3 Å². The molecule has 4 N–H and O–H groups in total. The normalized spacial score (nSPS) is 12.2. The highest BCUT2D eigenvalue weighted by atomic mass is 16.6. The highest BCUT2D eigenvalue weighted by Crippen LogP contribution is 1.90. The Labute approximate surface area is 76.1 Å². The topological polar surface area (TPSA) is 99.0 Å². The van der Waals surface area contributed by atoms with Crippen molar-refractivity contribution in [1.29, 1.82) is 0 Å². The fourth-order valence-electron chi connectivity index (χ4n) is 0.712. The third kappa shape index (κ3) is 6.32. The monoisotopic (exact) mass is 193 g/mol. The number of ether oxygens (including phenoxy) is 1. The van der Waals surface area contributed by atoms with Gasteiger partial charge in [0, 0.05) is 6.61 Å². The lowest BCUT2D eigenvalue weighted by atomic mass is 10.2. The second-order valence-corrected chi connectivity index (χ2v) is 2.40. The molecule has 0 saturated heterocycles. The first kappa shape index (κ1) is 12.2. The molecule has 0 aromatic carbocycles. The van der Waals surface area contributed by atoms with Gasteiger partial charge in [0.15, 0.2) is 0 Å². The summed E-state index contributed by atoms with van der Waals surface area (Å²) in [7, 11) is 0. The van der Waals surface area contributed by atoms with E-state index in [1.54, 1.807) is 0 Å². The van der Waals surface area contributed by atoms with Crippen LogP contribution in [0.3, 0.4) is 0 Å². The van der Waals surface area contributed by atoms with Crippen molar-refractivity contribution < 1.29 is 24.9 Å². The predicted molar refractivity (Wildman–Crippen MR) is 44.1 cm³/mol. The largest absolute Gasteiger partial charge is 0.447 e. The third-order valence-corrected chi connectivity index (χ3v) is 1.34. The minimum absolute atomic E-state index is 0.0803. The van der Waals surface area contributed by atoms with Crippen LogP contribution in [0.2, 0.25) is 0 Å². The minimum Gasteiger partial charge on any atom is -0.447 e. The Morgan fingerprint density at radius 1 is 1.31 bits per heavy atom. The molecular weight excluding hydrogens is 178 g/mol. The van der Waals surface area contributed by atoms with Crippen LogP contribution in [0.5, 0.6) is 0 Å². The molecule has 1 atom stereocenters. The van der Waals surface area contributed by atoms with E-state index in [0.717, 1.165) is 0 Å². The van der Waals surface area contributed by atoms with Crippen molar-refractivity contribution in [3.63, 3.8) is 0 Å². The maximum absolute atomic E-state index is 10.8. The molecule has 0 rings (SSSR count). The van der Waals surface area contributed by atoms with Gasteiger partial charge in [-0.1, -0.05) is 0 Å². The van der Waals surface area contributed by atoms with Gasteiger partial charge in [0.05, 0.1) is 19.3 Å². The Hall–Kier alpha value is -0.850. The highest BCUT2D eigenvalue weighted by molar-refractivity contribution is 5.67. The van der Waals surface area contributed by atoms with Crippen molar-refractivity contribution in [2.45, 2.75) is 12.5 Å². The van der Waals surface area contributed by atoms with E-state index < -0.39 is 12.1 Å². The van der Waals surface area contributed by atoms with Gasteiger partial charge in [0.2, 0.25) is 0 Å². The molecule has 6 nitrogen and oxygen atoms in total. The maximum atomic E-state index is 10.8. The molecule has 1 amide bonds. The molecule has 0 saturated carbocycles. The first-order valence-electron chi connectivity index (χ1n) is 4.00. The fourth-order valence-corrected chi connectivity index (χ4v) is 0.712. The number of hydrogen-bond acceptors (Lipinski definition) is 5. The number of amides is 1. The van der Waals surface area contributed by atoms with Crippen LogP contribution in [0.4, 0.5) is 4.79 Å². The molecule has 0 aromatic rings. The quantitative estimate of drug-likeness (QED) is 0.409. The number of alkyl carbamates (subject to hydrolysis) is 1. The van der Waals surface area contributed by atoms with Crippen molar-refractivity contribution in [2.75, 3.05) is 26.4 Å². The lowest BCUT2D eigenvalue weighted by Gasteiger charge is -2.14. The van der Waals surface area contributed by atoms with Gasteiger partial charge in [0.25, 0.3) is 0 Å². The Kier molecular flexibility index (Phi) is 7.27. The summed E-state index contributed by atoms with van der Waals surface area (Å²) in [5.41, 5.74) is 0. The third-order valence-electron chi connectivity index (χ3n) is 1.34. The number of nitrogens with one attached hydrogen (secondary N) is 1. The first-order valence-corrected chi connectivity index (χ1v) is 4.00. The van der Waals surface area contributed by atoms with Crippen LogP contribution in [0, 0.1) is 0 Å². The summed E-state index contributed by atoms with van der Waals surface area (Å²) in [5.74, 6) is 0. The van der Waals surface area contributed by atoms with Crippen molar-refractivity contribution in [2.24, 2.45) is 0 Å². The lowest BCUT2D eigenvalue weighted by molar-refractivity contribution is 0.109.